The molecule has 1 saturated carbocycles. The van der Waals surface area contributed by atoms with E-state index in [1.165, 1.54) is 23.5 Å². The number of fused-ring (bicyclic) bond motifs is 1. The molecule has 0 aromatic heterocycles. The summed E-state index contributed by atoms with van der Waals surface area (Å²) in [7, 11) is 0. The van der Waals surface area contributed by atoms with Crippen molar-refractivity contribution in [3.8, 4) is 29.4 Å². The molecule has 1 heterocycles. The van der Waals surface area contributed by atoms with Crippen LogP contribution in [0.4, 0.5) is 0 Å². The maximum Gasteiger partial charge on any atom is 0.330 e. The molecule has 2 aliphatic rings. The minimum atomic E-state index is -0.401. The SMILES string of the molecule is C=CC(=O)OCCCCCCOc1ccc(OC(=O)C2CCC(C(=O)Oc3ccc(C)c4c3SC(=C(C#N)C#N)S4)CC2)cc1. The summed E-state index contributed by atoms with van der Waals surface area (Å²) in [6.45, 7) is 6.25. The lowest BCUT2D eigenvalue weighted by molar-refractivity contribution is -0.145. The Morgan fingerprint density at radius 2 is 1.40 bits per heavy atom. The largest absolute Gasteiger partial charge is 0.494 e. The van der Waals surface area contributed by atoms with Gasteiger partial charge in [-0.25, -0.2) is 4.79 Å². The molecule has 1 aliphatic heterocycles. The van der Waals surface area contributed by atoms with Crippen molar-refractivity contribution in [3.05, 3.63) is 64.4 Å². The normalized spacial score (nSPS) is 16.8. The highest BCUT2D eigenvalue weighted by atomic mass is 32.2. The molecule has 2 aromatic carbocycles. The monoisotopic (exact) mass is 646 g/mol. The number of aryl methyl sites for hydroxylation is 1. The predicted molar refractivity (Wildman–Crippen MR) is 169 cm³/mol. The molecule has 0 bridgehead atoms. The van der Waals surface area contributed by atoms with Crippen LogP contribution < -0.4 is 14.2 Å². The third kappa shape index (κ3) is 9.40. The van der Waals surface area contributed by atoms with Crippen LogP contribution in [0.3, 0.4) is 0 Å². The van der Waals surface area contributed by atoms with Crippen LogP contribution in [0.15, 0.2) is 68.7 Å². The quantitative estimate of drug-likeness (QED) is 0.0706. The Balaban J connectivity index is 1.18. The highest BCUT2D eigenvalue weighted by molar-refractivity contribution is 8.24. The molecule has 1 fully saturated rings. The lowest BCUT2D eigenvalue weighted by Crippen LogP contribution is -2.30. The maximum atomic E-state index is 13.1. The topological polar surface area (TPSA) is 136 Å². The number of thioether (sulfide) groups is 2. The summed E-state index contributed by atoms with van der Waals surface area (Å²) in [4.78, 5) is 38.5. The van der Waals surface area contributed by atoms with Gasteiger partial charge in [-0.1, -0.05) is 36.2 Å². The molecule has 0 atom stereocenters. The van der Waals surface area contributed by atoms with Crippen LogP contribution in [-0.2, 0) is 19.1 Å². The average molecular weight is 647 g/mol. The first-order valence-electron chi connectivity index (χ1n) is 14.8. The molecule has 0 spiro atoms. The van der Waals surface area contributed by atoms with E-state index in [1.807, 2.05) is 25.1 Å². The second-order valence-corrected chi connectivity index (χ2v) is 12.9. The first kappa shape index (κ1) is 33.7. The van der Waals surface area contributed by atoms with Gasteiger partial charge < -0.3 is 18.9 Å². The Morgan fingerprint density at radius 1 is 0.822 bits per heavy atom. The summed E-state index contributed by atoms with van der Waals surface area (Å²) in [5.41, 5.74) is 1.01. The number of benzene rings is 2. The van der Waals surface area contributed by atoms with Crippen LogP contribution in [0.1, 0.15) is 56.9 Å². The Bertz CT molecular complexity index is 1520. The number of rotatable bonds is 13. The van der Waals surface area contributed by atoms with Gasteiger partial charge in [0.1, 0.15) is 35.0 Å². The number of ether oxygens (including phenoxy) is 4. The number of hydrogen-bond acceptors (Lipinski definition) is 11. The van der Waals surface area contributed by atoms with Crippen molar-refractivity contribution in [3.63, 3.8) is 0 Å². The van der Waals surface area contributed by atoms with Gasteiger partial charge in [0.05, 0.1) is 34.2 Å². The molecule has 0 amide bonds. The van der Waals surface area contributed by atoms with Crippen LogP contribution in [0.5, 0.6) is 17.2 Å². The zero-order valence-electron chi connectivity index (χ0n) is 25.0. The van der Waals surface area contributed by atoms with Gasteiger partial charge in [-0.2, -0.15) is 10.5 Å². The molecule has 2 aromatic rings. The molecule has 11 heteroatoms. The fraction of sp³-hybridized carbons (Fsp3) is 0.382. The predicted octanol–water partition coefficient (Wildman–Crippen LogP) is 7.44. The minimum absolute atomic E-state index is 0.0395. The standard InChI is InChI=1S/C34H34N2O7S2/c1-3-29(37)41-19-7-5-4-6-18-40-26-13-15-27(16-14-26)42-32(38)23-9-11-24(12-10-23)33(39)43-28-17-8-22(2)30-31(28)45-34(44-30)25(20-35)21-36/h3,8,13-17,23-24H,1,4-7,9-12,18-19H2,2H3. The van der Waals surface area contributed by atoms with Crippen molar-refractivity contribution in [2.45, 2.75) is 68.1 Å². The molecule has 1 aliphatic carbocycles. The third-order valence-corrected chi connectivity index (χ3v) is 10.2. The van der Waals surface area contributed by atoms with E-state index in [9.17, 15) is 24.9 Å². The van der Waals surface area contributed by atoms with Crippen molar-refractivity contribution in [1.82, 2.24) is 0 Å². The fourth-order valence-electron chi connectivity index (χ4n) is 4.91. The Morgan fingerprint density at radius 3 is 2.02 bits per heavy atom. The first-order valence-corrected chi connectivity index (χ1v) is 16.5. The zero-order chi connectivity index (χ0) is 32.2. The summed E-state index contributed by atoms with van der Waals surface area (Å²) in [6, 6.07) is 14.4. The molecule has 9 nitrogen and oxygen atoms in total. The van der Waals surface area contributed by atoms with Crippen LogP contribution in [0.25, 0.3) is 0 Å². The van der Waals surface area contributed by atoms with E-state index in [-0.39, 0.29) is 29.3 Å². The van der Waals surface area contributed by atoms with E-state index >= 15 is 0 Å². The van der Waals surface area contributed by atoms with Gasteiger partial charge in [-0.15, -0.1) is 0 Å². The van der Waals surface area contributed by atoms with Gasteiger partial charge in [0.2, 0.25) is 0 Å². The molecule has 4 rings (SSSR count). The van der Waals surface area contributed by atoms with E-state index in [1.54, 1.807) is 30.3 Å². The Kier molecular flexibility index (Phi) is 12.6. The summed E-state index contributed by atoms with van der Waals surface area (Å²) < 4.78 is 22.7. The number of hydrogen-bond donors (Lipinski definition) is 0. The zero-order valence-corrected chi connectivity index (χ0v) is 26.7. The van der Waals surface area contributed by atoms with Gasteiger partial charge in [-0.05, 0) is 94.2 Å². The number of nitriles is 2. The van der Waals surface area contributed by atoms with Gasteiger partial charge in [-0.3, -0.25) is 9.59 Å². The van der Waals surface area contributed by atoms with Crippen molar-refractivity contribution in [1.29, 1.82) is 10.5 Å². The summed E-state index contributed by atoms with van der Waals surface area (Å²) in [5, 5.41) is 18.5. The lowest BCUT2D eigenvalue weighted by Gasteiger charge is -2.26. The summed E-state index contributed by atoms with van der Waals surface area (Å²) >= 11 is 2.62. The van der Waals surface area contributed by atoms with Crippen molar-refractivity contribution in [2.75, 3.05) is 13.2 Å². The highest BCUT2D eigenvalue weighted by Gasteiger charge is 2.34. The minimum Gasteiger partial charge on any atom is -0.494 e. The van der Waals surface area contributed by atoms with Gasteiger partial charge in [0, 0.05) is 11.0 Å². The summed E-state index contributed by atoms with van der Waals surface area (Å²) in [6.07, 6.45) is 6.79. The van der Waals surface area contributed by atoms with E-state index in [2.05, 4.69) is 6.58 Å². The molecule has 0 saturated heterocycles. The van der Waals surface area contributed by atoms with Crippen molar-refractivity contribution < 1.29 is 33.3 Å². The third-order valence-electron chi connectivity index (χ3n) is 7.46. The summed E-state index contributed by atoms with van der Waals surface area (Å²) in [5.74, 6) is -0.151. The van der Waals surface area contributed by atoms with Gasteiger partial charge in [0.15, 0.2) is 0 Å². The number of carbonyl (C=O) groups excluding carboxylic acids is 3. The number of esters is 3. The smallest absolute Gasteiger partial charge is 0.330 e. The number of nitrogens with zero attached hydrogens (tertiary/aromatic N) is 2. The fourth-order valence-corrected chi connectivity index (χ4v) is 7.47. The van der Waals surface area contributed by atoms with Crippen LogP contribution >= 0.6 is 23.5 Å². The Labute approximate surface area is 271 Å². The average Bonchev–Trinajstić information content (AvgIpc) is 3.51. The molecular formula is C34H34N2O7S2. The number of carbonyl (C=O) groups is 3. The highest BCUT2D eigenvalue weighted by Crippen LogP contribution is 2.56. The number of unbranched alkanes of at least 4 members (excludes halogenated alkanes) is 3. The molecule has 0 radical (unpaired) electrons. The second kappa shape index (κ2) is 16.8. The molecule has 0 unspecified atom stereocenters. The van der Waals surface area contributed by atoms with Crippen molar-refractivity contribution in [2.24, 2.45) is 11.8 Å². The molecule has 45 heavy (non-hydrogen) atoms. The molecule has 234 valence electrons. The van der Waals surface area contributed by atoms with E-state index in [4.69, 9.17) is 18.9 Å². The van der Waals surface area contributed by atoms with Crippen molar-refractivity contribution >= 4 is 41.4 Å². The van der Waals surface area contributed by atoms with E-state index in [0.717, 1.165) is 47.1 Å². The van der Waals surface area contributed by atoms with Gasteiger partial charge in [0.25, 0.3) is 0 Å². The van der Waals surface area contributed by atoms with Crippen LogP contribution in [-0.4, -0.2) is 31.1 Å². The lowest BCUT2D eigenvalue weighted by atomic mass is 9.82. The second-order valence-electron chi connectivity index (χ2n) is 10.6. The van der Waals surface area contributed by atoms with Crippen LogP contribution in [0, 0.1) is 41.4 Å². The molecular weight excluding hydrogens is 613 g/mol. The van der Waals surface area contributed by atoms with Gasteiger partial charge >= 0.3 is 17.9 Å². The van der Waals surface area contributed by atoms with Crippen LogP contribution in [0.2, 0.25) is 0 Å². The first-order chi connectivity index (χ1) is 21.8. The number of allylic oxidation sites excluding steroid dienone is 1. The Hall–Kier alpha value is -4.19. The van der Waals surface area contributed by atoms with E-state index in [0.29, 0.717) is 60.4 Å². The van der Waals surface area contributed by atoms with E-state index < -0.39 is 5.97 Å². The molecule has 0 N–H and O–H groups in total. The maximum absolute atomic E-state index is 13.1.